The van der Waals surface area contributed by atoms with Crippen LogP contribution in [0.25, 0.3) is 22.4 Å². The van der Waals surface area contributed by atoms with Crippen LogP contribution < -0.4 is 10.6 Å². The summed E-state index contributed by atoms with van der Waals surface area (Å²) in [6.07, 6.45) is 8.24. The number of hydrogen-bond donors (Lipinski definition) is 2. The van der Waals surface area contributed by atoms with Gasteiger partial charge in [0.1, 0.15) is 17.6 Å². The number of nitrogens with one attached hydrogen (secondary N) is 2. The molecule has 24 heavy (non-hydrogen) atoms. The minimum Gasteiger partial charge on any atom is -0.364 e. The summed E-state index contributed by atoms with van der Waals surface area (Å²) in [7, 11) is 0. The Morgan fingerprint density at radius 3 is 2.92 bits per heavy atom. The summed E-state index contributed by atoms with van der Waals surface area (Å²) >= 11 is 5.28. The second-order valence-corrected chi connectivity index (χ2v) is 5.70. The quantitative estimate of drug-likeness (QED) is 0.522. The monoisotopic (exact) mass is 342 g/mol. The van der Waals surface area contributed by atoms with Gasteiger partial charge in [-0.05, 0) is 30.8 Å². The van der Waals surface area contributed by atoms with E-state index in [2.05, 4.69) is 37.7 Å². The van der Waals surface area contributed by atoms with E-state index in [-0.39, 0.29) is 0 Å². The van der Waals surface area contributed by atoms with Gasteiger partial charge in [0.05, 0.1) is 23.7 Å². The fourth-order valence-electron chi connectivity index (χ4n) is 2.18. The van der Waals surface area contributed by atoms with Crippen molar-refractivity contribution in [2.24, 2.45) is 0 Å². The molecule has 3 aromatic rings. The number of aromatic nitrogens is 4. The number of fused-ring (bicyclic) bond motifs is 1. The zero-order valence-electron chi connectivity index (χ0n) is 13.3. The number of anilines is 1. The first-order valence-electron chi connectivity index (χ1n) is 7.84. The molecule has 0 aliphatic carbocycles. The minimum absolute atomic E-state index is 0.535. The first-order valence-corrected chi connectivity index (χ1v) is 8.25. The van der Waals surface area contributed by atoms with Gasteiger partial charge in [-0.2, -0.15) is 0 Å². The Kier molecular flexibility index (Phi) is 5.27. The van der Waals surface area contributed by atoms with Crippen molar-refractivity contribution in [2.45, 2.75) is 26.2 Å². The summed E-state index contributed by atoms with van der Waals surface area (Å²) in [5.74, 6) is 0.632. The molecule has 0 radical (unpaired) electrons. The molecule has 0 aromatic carbocycles. The van der Waals surface area contributed by atoms with Gasteiger partial charge in [0, 0.05) is 6.54 Å². The normalized spacial score (nSPS) is 10.7. The maximum atomic E-state index is 5.28. The zero-order chi connectivity index (χ0) is 16.8. The third-order valence-corrected chi connectivity index (χ3v) is 3.69. The van der Waals surface area contributed by atoms with E-state index in [1.165, 1.54) is 19.1 Å². The van der Waals surface area contributed by atoms with Crippen LogP contribution in [0.4, 0.5) is 5.82 Å². The smallest absolute Gasteiger partial charge is 0.180 e. The lowest BCUT2D eigenvalue weighted by molar-refractivity contribution is 0.420. The summed E-state index contributed by atoms with van der Waals surface area (Å²) in [5, 5.41) is 10.5. The van der Waals surface area contributed by atoms with Crippen molar-refractivity contribution >= 4 is 34.3 Å². The maximum absolute atomic E-state index is 5.28. The van der Waals surface area contributed by atoms with E-state index < -0.39 is 0 Å². The molecular formula is C16H18N6OS. The van der Waals surface area contributed by atoms with Crippen molar-refractivity contribution in [2.75, 3.05) is 11.9 Å². The highest BCUT2D eigenvalue weighted by Gasteiger charge is 2.07. The van der Waals surface area contributed by atoms with E-state index in [4.69, 9.17) is 16.7 Å². The fourth-order valence-corrected chi connectivity index (χ4v) is 2.38. The number of thiocarbonyl (C=S) groups is 1. The highest BCUT2D eigenvalue weighted by atomic mass is 32.1. The standard InChI is InChI=1S/C16H18N6OS/c1-2-3-4-7-17-16(24)22-14-6-5-12-15(21-14)20-13(9-18-12)11-8-19-23-10-11/h5-6,8-10H,2-4,7H2,1H3,(H2,17,20,21,22,24). The van der Waals surface area contributed by atoms with Crippen molar-refractivity contribution in [1.29, 1.82) is 0 Å². The molecule has 0 unspecified atom stereocenters. The Bertz CT molecular complexity index is 821. The van der Waals surface area contributed by atoms with Crippen molar-refractivity contribution in [1.82, 2.24) is 25.4 Å². The Morgan fingerprint density at radius 2 is 2.12 bits per heavy atom. The molecule has 3 aromatic heterocycles. The first kappa shape index (κ1) is 16.3. The van der Waals surface area contributed by atoms with Crippen LogP contribution in [0.5, 0.6) is 0 Å². The molecule has 0 aliphatic rings. The maximum Gasteiger partial charge on any atom is 0.180 e. The summed E-state index contributed by atoms with van der Waals surface area (Å²) in [4.78, 5) is 13.3. The van der Waals surface area contributed by atoms with E-state index in [0.29, 0.717) is 27.8 Å². The Hall–Kier alpha value is -2.61. The zero-order valence-corrected chi connectivity index (χ0v) is 14.1. The lowest BCUT2D eigenvalue weighted by Gasteiger charge is -2.10. The number of hydrogen-bond acceptors (Lipinski definition) is 6. The largest absolute Gasteiger partial charge is 0.364 e. The van der Waals surface area contributed by atoms with Crippen molar-refractivity contribution < 1.29 is 4.52 Å². The highest BCUT2D eigenvalue weighted by Crippen LogP contribution is 2.18. The van der Waals surface area contributed by atoms with Crippen LogP contribution in [0.1, 0.15) is 26.2 Å². The molecule has 0 spiro atoms. The molecule has 124 valence electrons. The van der Waals surface area contributed by atoms with Gasteiger partial charge < -0.3 is 15.2 Å². The molecule has 0 fully saturated rings. The SMILES string of the molecule is CCCCCNC(=S)Nc1ccc2ncc(-c3cnoc3)nc2n1. The molecule has 3 rings (SSSR count). The summed E-state index contributed by atoms with van der Waals surface area (Å²) in [5.41, 5.74) is 2.67. The van der Waals surface area contributed by atoms with E-state index in [0.717, 1.165) is 18.5 Å². The van der Waals surface area contributed by atoms with Crippen molar-refractivity contribution in [3.05, 3.63) is 30.8 Å². The van der Waals surface area contributed by atoms with Crippen molar-refractivity contribution in [3.63, 3.8) is 0 Å². The minimum atomic E-state index is 0.535. The second-order valence-electron chi connectivity index (χ2n) is 5.30. The molecule has 2 N–H and O–H groups in total. The van der Waals surface area contributed by atoms with Gasteiger partial charge >= 0.3 is 0 Å². The Balaban J connectivity index is 1.71. The van der Waals surface area contributed by atoms with Crippen LogP contribution in [-0.4, -0.2) is 31.8 Å². The highest BCUT2D eigenvalue weighted by molar-refractivity contribution is 7.80. The Labute approximate surface area is 144 Å². The van der Waals surface area contributed by atoms with Gasteiger partial charge in [0.2, 0.25) is 0 Å². The lowest BCUT2D eigenvalue weighted by Crippen LogP contribution is -2.29. The van der Waals surface area contributed by atoms with E-state index in [1.54, 1.807) is 12.4 Å². The molecule has 0 saturated carbocycles. The van der Waals surface area contributed by atoms with Gasteiger partial charge in [-0.15, -0.1) is 0 Å². The number of nitrogens with zero attached hydrogens (tertiary/aromatic N) is 4. The molecule has 3 heterocycles. The van der Waals surface area contributed by atoms with Gasteiger partial charge in [-0.3, -0.25) is 4.98 Å². The van der Waals surface area contributed by atoms with Crippen LogP contribution in [-0.2, 0) is 0 Å². The lowest BCUT2D eigenvalue weighted by atomic mass is 10.2. The molecule has 0 saturated heterocycles. The predicted molar refractivity (Wildman–Crippen MR) is 96.6 cm³/mol. The van der Waals surface area contributed by atoms with Crippen molar-refractivity contribution in [3.8, 4) is 11.3 Å². The molecular weight excluding hydrogens is 324 g/mol. The third-order valence-electron chi connectivity index (χ3n) is 3.44. The van der Waals surface area contributed by atoms with Crippen LogP contribution in [0.2, 0.25) is 0 Å². The van der Waals surface area contributed by atoms with Crippen LogP contribution in [0.15, 0.2) is 35.3 Å². The molecule has 0 bridgehead atoms. The first-order chi connectivity index (χ1) is 11.8. The number of pyridine rings is 1. The summed E-state index contributed by atoms with van der Waals surface area (Å²) in [6.45, 7) is 3.02. The topological polar surface area (TPSA) is 88.8 Å². The van der Waals surface area contributed by atoms with E-state index in [1.807, 2.05) is 12.1 Å². The van der Waals surface area contributed by atoms with Crippen LogP contribution in [0.3, 0.4) is 0 Å². The molecule has 0 amide bonds. The third kappa shape index (κ3) is 4.02. The summed E-state index contributed by atoms with van der Waals surface area (Å²) < 4.78 is 4.84. The van der Waals surface area contributed by atoms with Crippen LogP contribution >= 0.6 is 12.2 Å². The average molecular weight is 342 g/mol. The van der Waals surface area contributed by atoms with Gasteiger partial charge in [-0.25, -0.2) is 9.97 Å². The van der Waals surface area contributed by atoms with Crippen LogP contribution in [0, 0.1) is 0 Å². The van der Waals surface area contributed by atoms with E-state index >= 15 is 0 Å². The average Bonchev–Trinajstić information content (AvgIpc) is 3.13. The molecule has 0 atom stereocenters. The molecule has 0 aliphatic heterocycles. The van der Waals surface area contributed by atoms with Gasteiger partial charge in [0.15, 0.2) is 10.8 Å². The summed E-state index contributed by atoms with van der Waals surface area (Å²) in [6, 6.07) is 3.69. The van der Waals surface area contributed by atoms with Gasteiger partial charge in [-0.1, -0.05) is 24.9 Å². The molecule has 8 heteroatoms. The second kappa shape index (κ2) is 7.78. The Morgan fingerprint density at radius 1 is 1.21 bits per heavy atom. The number of rotatable bonds is 6. The fraction of sp³-hybridized carbons (Fsp3) is 0.312. The van der Waals surface area contributed by atoms with Gasteiger partial charge in [0.25, 0.3) is 0 Å². The molecule has 7 nitrogen and oxygen atoms in total. The van der Waals surface area contributed by atoms with E-state index in [9.17, 15) is 0 Å². The predicted octanol–water partition coefficient (Wildman–Crippen LogP) is 3.16. The number of unbranched alkanes of at least 4 members (excludes halogenated alkanes) is 2.